The summed E-state index contributed by atoms with van der Waals surface area (Å²) in [5, 5.41) is 17.5. The fourth-order valence-corrected chi connectivity index (χ4v) is 0.977. The van der Waals surface area contributed by atoms with E-state index >= 15 is 0 Å². The molecule has 0 aliphatic heterocycles. The Labute approximate surface area is 73.2 Å². The summed E-state index contributed by atoms with van der Waals surface area (Å²) in [5.74, 6) is -1.43. The highest BCUT2D eigenvalue weighted by Gasteiger charge is 2.12. The number of hydrogen-bond donors (Lipinski definition) is 3. The molecule has 0 radical (unpaired) electrons. The van der Waals surface area contributed by atoms with E-state index in [1.54, 1.807) is 0 Å². The lowest BCUT2D eigenvalue weighted by atomic mass is 10.2. The van der Waals surface area contributed by atoms with Gasteiger partial charge in [0.25, 0.3) is 0 Å². The third kappa shape index (κ3) is 1.43. The minimum absolute atomic E-state index is 0.0501. The van der Waals surface area contributed by atoms with Crippen molar-refractivity contribution in [2.24, 2.45) is 0 Å². The van der Waals surface area contributed by atoms with Gasteiger partial charge in [-0.25, -0.2) is 4.79 Å². The van der Waals surface area contributed by atoms with E-state index < -0.39 is 5.97 Å². The molecule has 1 aromatic carbocycles. The summed E-state index contributed by atoms with van der Waals surface area (Å²) >= 11 is 5.54. The molecule has 0 aromatic heterocycles. The quantitative estimate of drug-likeness (QED) is 0.579. The van der Waals surface area contributed by atoms with Crippen LogP contribution in [0.2, 0.25) is 5.02 Å². The SMILES string of the molecule is Nc1cc(O)cc(C(=O)O)c1Cl. The number of phenols is 1. The molecule has 4 N–H and O–H groups in total. The monoisotopic (exact) mass is 187 g/mol. The van der Waals surface area contributed by atoms with Gasteiger partial charge in [0.2, 0.25) is 0 Å². The highest BCUT2D eigenvalue weighted by molar-refractivity contribution is 6.36. The molecule has 0 bridgehead atoms. The van der Waals surface area contributed by atoms with Crippen LogP contribution in [-0.4, -0.2) is 16.2 Å². The Bertz CT molecular complexity index is 338. The molecule has 1 aromatic rings. The minimum Gasteiger partial charge on any atom is -0.508 e. The van der Waals surface area contributed by atoms with Crippen LogP contribution in [0.15, 0.2) is 12.1 Å². The topological polar surface area (TPSA) is 83.5 Å². The van der Waals surface area contributed by atoms with Crippen LogP contribution >= 0.6 is 11.6 Å². The molecule has 64 valence electrons. The van der Waals surface area contributed by atoms with Gasteiger partial charge >= 0.3 is 5.97 Å². The van der Waals surface area contributed by atoms with Crippen LogP contribution in [0, 0.1) is 0 Å². The van der Waals surface area contributed by atoms with Gasteiger partial charge in [-0.3, -0.25) is 0 Å². The molecule has 12 heavy (non-hydrogen) atoms. The molecule has 0 unspecified atom stereocenters. The Kier molecular flexibility index (Phi) is 2.10. The zero-order valence-corrected chi connectivity index (χ0v) is 6.67. The molecule has 0 saturated heterocycles. The van der Waals surface area contributed by atoms with Gasteiger partial charge in [0.05, 0.1) is 16.3 Å². The molecule has 4 nitrogen and oxygen atoms in total. The molecule has 0 saturated carbocycles. The summed E-state index contributed by atoms with van der Waals surface area (Å²) in [7, 11) is 0. The zero-order valence-electron chi connectivity index (χ0n) is 5.91. The summed E-state index contributed by atoms with van der Waals surface area (Å²) in [6.07, 6.45) is 0. The Morgan fingerprint density at radius 3 is 2.58 bits per heavy atom. The number of hydrogen-bond acceptors (Lipinski definition) is 3. The second kappa shape index (κ2) is 2.91. The van der Waals surface area contributed by atoms with Gasteiger partial charge in [0.1, 0.15) is 5.75 Å². The largest absolute Gasteiger partial charge is 0.508 e. The van der Waals surface area contributed by atoms with Crippen LogP contribution in [-0.2, 0) is 0 Å². The van der Waals surface area contributed by atoms with Crippen LogP contribution in [0.5, 0.6) is 5.75 Å². The van der Waals surface area contributed by atoms with Gasteiger partial charge in [-0.2, -0.15) is 0 Å². The first-order valence-corrected chi connectivity index (χ1v) is 3.41. The van der Waals surface area contributed by atoms with Crippen molar-refractivity contribution in [1.82, 2.24) is 0 Å². The molecule has 0 fully saturated rings. The van der Waals surface area contributed by atoms with Crippen LogP contribution in [0.3, 0.4) is 0 Å². The average Bonchev–Trinajstić information content (AvgIpc) is 1.96. The van der Waals surface area contributed by atoms with Gasteiger partial charge in [-0.05, 0) is 6.07 Å². The van der Waals surface area contributed by atoms with Crippen molar-refractivity contribution < 1.29 is 15.0 Å². The van der Waals surface area contributed by atoms with Crippen LogP contribution in [0.25, 0.3) is 0 Å². The van der Waals surface area contributed by atoms with Crippen molar-refractivity contribution >= 4 is 23.3 Å². The minimum atomic E-state index is -1.22. The number of carboxylic acids is 1. The van der Waals surface area contributed by atoms with Crippen molar-refractivity contribution in [3.8, 4) is 5.75 Å². The van der Waals surface area contributed by atoms with Crippen molar-refractivity contribution in [2.45, 2.75) is 0 Å². The summed E-state index contributed by atoms with van der Waals surface area (Å²) < 4.78 is 0. The predicted molar refractivity (Wildman–Crippen MR) is 44.5 cm³/mol. The molecule has 0 amide bonds. The number of nitrogen functional groups attached to an aromatic ring is 1. The number of benzene rings is 1. The van der Waals surface area contributed by atoms with E-state index in [-0.39, 0.29) is 22.0 Å². The van der Waals surface area contributed by atoms with Crippen molar-refractivity contribution in [3.63, 3.8) is 0 Å². The number of carbonyl (C=O) groups is 1. The van der Waals surface area contributed by atoms with E-state index in [2.05, 4.69) is 0 Å². The lowest BCUT2D eigenvalue weighted by Crippen LogP contribution is -1.99. The summed E-state index contributed by atoms with van der Waals surface area (Å²) in [6.45, 7) is 0. The van der Waals surface area contributed by atoms with Crippen molar-refractivity contribution in [3.05, 3.63) is 22.7 Å². The van der Waals surface area contributed by atoms with Crippen LogP contribution in [0.1, 0.15) is 10.4 Å². The number of aromatic carboxylic acids is 1. The maximum absolute atomic E-state index is 10.5. The Hall–Kier alpha value is -1.42. The highest BCUT2D eigenvalue weighted by Crippen LogP contribution is 2.28. The lowest BCUT2D eigenvalue weighted by molar-refractivity contribution is 0.0696. The number of rotatable bonds is 1. The van der Waals surface area contributed by atoms with Gasteiger partial charge in [-0.1, -0.05) is 11.6 Å². The molecular weight excluding hydrogens is 182 g/mol. The van der Waals surface area contributed by atoms with Gasteiger partial charge in [0.15, 0.2) is 0 Å². The van der Waals surface area contributed by atoms with E-state index in [1.807, 2.05) is 0 Å². The molecule has 1 rings (SSSR count). The number of halogens is 1. The number of anilines is 1. The molecule has 5 heteroatoms. The van der Waals surface area contributed by atoms with Crippen molar-refractivity contribution in [1.29, 1.82) is 0 Å². The van der Waals surface area contributed by atoms with E-state index in [0.29, 0.717) is 0 Å². The second-order valence-corrected chi connectivity index (χ2v) is 2.58. The number of carboxylic acid groups (broad SMARTS) is 1. The van der Waals surface area contributed by atoms with Crippen molar-refractivity contribution in [2.75, 3.05) is 5.73 Å². The smallest absolute Gasteiger partial charge is 0.337 e. The molecule has 0 aliphatic rings. The second-order valence-electron chi connectivity index (χ2n) is 2.20. The maximum atomic E-state index is 10.5. The molecule has 0 heterocycles. The van der Waals surface area contributed by atoms with E-state index in [9.17, 15) is 4.79 Å². The summed E-state index contributed by atoms with van der Waals surface area (Å²) in [6, 6.07) is 2.23. The molecule has 0 spiro atoms. The normalized spacial score (nSPS) is 9.75. The zero-order chi connectivity index (χ0) is 9.30. The van der Waals surface area contributed by atoms with E-state index in [1.165, 1.54) is 6.07 Å². The first-order chi connectivity index (χ1) is 5.52. The highest BCUT2D eigenvalue weighted by atomic mass is 35.5. The summed E-state index contributed by atoms with van der Waals surface area (Å²) in [5.41, 5.74) is 5.15. The molecule has 0 atom stereocenters. The lowest BCUT2D eigenvalue weighted by Gasteiger charge is -2.02. The first-order valence-electron chi connectivity index (χ1n) is 3.03. The Balaban J connectivity index is 3.37. The van der Waals surface area contributed by atoms with Gasteiger partial charge in [0, 0.05) is 6.07 Å². The Morgan fingerprint density at radius 2 is 2.08 bits per heavy atom. The standard InChI is InChI=1S/C7H6ClNO3/c8-6-4(7(11)12)1-3(10)2-5(6)9/h1-2,10H,9H2,(H,11,12). The van der Waals surface area contributed by atoms with Crippen LogP contribution < -0.4 is 5.73 Å². The fraction of sp³-hybridized carbons (Fsp3) is 0. The summed E-state index contributed by atoms with van der Waals surface area (Å²) in [4.78, 5) is 10.5. The number of phenolic OH excluding ortho intramolecular Hbond substituents is 1. The maximum Gasteiger partial charge on any atom is 0.337 e. The third-order valence-corrected chi connectivity index (χ3v) is 1.74. The fourth-order valence-electron chi connectivity index (χ4n) is 0.787. The number of aromatic hydroxyl groups is 1. The molecular formula is C7H6ClNO3. The van der Waals surface area contributed by atoms with Crippen LogP contribution in [0.4, 0.5) is 5.69 Å². The van der Waals surface area contributed by atoms with E-state index in [4.69, 9.17) is 27.5 Å². The third-order valence-electron chi connectivity index (χ3n) is 1.32. The first kappa shape index (κ1) is 8.67. The van der Waals surface area contributed by atoms with E-state index in [0.717, 1.165) is 6.07 Å². The predicted octanol–water partition coefficient (Wildman–Crippen LogP) is 1.33. The Morgan fingerprint density at radius 1 is 1.50 bits per heavy atom. The van der Waals surface area contributed by atoms with Gasteiger partial charge < -0.3 is 15.9 Å². The molecule has 0 aliphatic carbocycles. The van der Waals surface area contributed by atoms with Gasteiger partial charge in [-0.15, -0.1) is 0 Å². The number of nitrogens with two attached hydrogens (primary N) is 1. The average molecular weight is 188 g/mol.